The van der Waals surface area contributed by atoms with Gasteiger partial charge in [0, 0.05) is 24.5 Å². The van der Waals surface area contributed by atoms with Gasteiger partial charge in [0.25, 0.3) is 0 Å². The summed E-state index contributed by atoms with van der Waals surface area (Å²) >= 11 is 0.998. The average molecular weight is 301 g/mol. The Morgan fingerprint density at radius 1 is 1.35 bits per heavy atom. The van der Waals surface area contributed by atoms with Crippen LogP contribution in [0.5, 0.6) is 0 Å². The molecular formula is C11H19N5O3S. The maximum atomic E-state index is 11.5. The standard InChI is InChI=1S/C11H19N5O3S/c1-7(2)8(3-4-9(17)18)5-6-12-10(19)13-11-14-15-16-20-11/h7-8H,3-6H2,1-2H3,(H,17,18)(H2,12,13,14,16,19). The van der Waals surface area contributed by atoms with Crippen molar-refractivity contribution in [2.24, 2.45) is 11.8 Å². The zero-order valence-corrected chi connectivity index (χ0v) is 12.3. The normalized spacial score (nSPS) is 12.2. The SMILES string of the molecule is CC(C)C(CCNC(=O)Nc1nnns1)CCC(=O)O. The van der Waals surface area contributed by atoms with Crippen molar-refractivity contribution < 1.29 is 14.7 Å². The minimum Gasteiger partial charge on any atom is -0.481 e. The average Bonchev–Trinajstić information content (AvgIpc) is 2.85. The van der Waals surface area contributed by atoms with Gasteiger partial charge in [0.15, 0.2) is 0 Å². The second kappa shape index (κ2) is 8.41. The van der Waals surface area contributed by atoms with Crippen molar-refractivity contribution in [3.05, 3.63) is 0 Å². The van der Waals surface area contributed by atoms with Gasteiger partial charge in [0.1, 0.15) is 0 Å². The number of nitrogens with zero attached hydrogens (tertiary/aromatic N) is 3. The molecule has 0 aromatic carbocycles. The van der Waals surface area contributed by atoms with Gasteiger partial charge in [-0.3, -0.25) is 10.1 Å². The molecule has 0 saturated heterocycles. The van der Waals surface area contributed by atoms with Crippen LogP contribution in [0.25, 0.3) is 0 Å². The Bertz CT molecular complexity index is 424. The molecule has 1 aromatic heterocycles. The van der Waals surface area contributed by atoms with E-state index in [4.69, 9.17) is 5.11 Å². The van der Waals surface area contributed by atoms with E-state index in [0.717, 1.165) is 18.0 Å². The first-order valence-corrected chi connectivity index (χ1v) is 7.18. The third kappa shape index (κ3) is 6.41. The molecule has 20 heavy (non-hydrogen) atoms. The number of anilines is 1. The summed E-state index contributed by atoms with van der Waals surface area (Å²) in [5.41, 5.74) is 0. The number of hydrogen-bond donors (Lipinski definition) is 3. The number of nitrogens with one attached hydrogen (secondary N) is 2. The van der Waals surface area contributed by atoms with E-state index in [9.17, 15) is 9.59 Å². The Balaban J connectivity index is 2.25. The van der Waals surface area contributed by atoms with E-state index in [-0.39, 0.29) is 18.4 Å². The van der Waals surface area contributed by atoms with E-state index in [1.807, 2.05) is 0 Å². The molecule has 1 rings (SSSR count). The van der Waals surface area contributed by atoms with Gasteiger partial charge in [0.05, 0.1) is 0 Å². The lowest BCUT2D eigenvalue weighted by Gasteiger charge is -2.20. The highest BCUT2D eigenvalue weighted by atomic mass is 32.1. The Morgan fingerprint density at radius 3 is 2.65 bits per heavy atom. The number of aliphatic carboxylic acids is 1. The number of carboxylic acid groups (broad SMARTS) is 1. The van der Waals surface area contributed by atoms with E-state index < -0.39 is 5.97 Å². The first kappa shape index (κ1) is 16.3. The highest BCUT2D eigenvalue weighted by Gasteiger charge is 2.15. The van der Waals surface area contributed by atoms with Gasteiger partial charge in [0.2, 0.25) is 5.13 Å². The predicted octanol–water partition coefficient (Wildman–Crippen LogP) is 1.58. The number of hydrogen-bond acceptors (Lipinski definition) is 6. The number of amides is 2. The van der Waals surface area contributed by atoms with E-state index in [0.29, 0.717) is 24.0 Å². The molecule has 9 heteroatoms. The Hall–Kier alpha value is -1.77. The lowest BCUT2D eigenvalue weighted by Crippen LogP contribution is -2.31. The molecule has 2 amide bonds. The number of carboxylic acids is 1. The van der Waals surface area contributed by atoms with Crippen LogP contribution in [0, 0.1) is 11.8 Å². The molecule has 1 unspecified atom stereocenters. The van der Waals surface area contributed by atoms with E-state index in [2.05, 4.69) is 39.3 Å². The van der Waals surface area contributed by atoms with Crippen LogP contribution >= 0.6 is 11.5 Å². The second-order valence-corrected chi connectivity index (χ2v) is 5.51. The maximum Gasteiger partial charge on any atom is 0.321 e. The first-order chi connectivity index (χ1) is 9.49. The predicted molar refractivity (Wildman–Crippen MR) is 74.5 cm³/mol. The molecule has 0 spiro atoms. The first-order valence-electron chi connectivity index (χ1n) is 6.40. The summed E-state index contributed by atoms with van der Waals surface area (Å²) in [4.78, 5) is 22.1. The number of aromatic nitrogens is 3. The summed E-state index contributed by atoms with van der Waals surface area (Å²) in [7, 11) is 0. The minimum absolute atomic E-state index is 0.158. The summed E-state index contributed by atoms with van der Waals surface area (Å²) in [6.07, 6.45) is 1.52. The molecular weight excluding hydrogens is 282 g/mol. The summed E-state index contributed by atoms with van der Waals surface area (Å²) < 4.78 is 3.53. The van der Waals surface area contributed by atoms with Gasteiger partial charge in [-0.2, -0.15) is 0 Å². The van der Waals surface area contributed by atoms with Crippen LogP contribution in [-0.2, 0) is 4.79 Å². The zero-order valence-electron chi connectivity index (χ0n) is 11.5. The summed E-state index contributed by atoms with van der Waals surface area (Å²) in [6.45, 7) is 4.60. The topological polar surface area (TPSA) is 117 Å². The molecule has 0 bridgehead atoms. The molecule has 8 nitrogen and oxygen atoms in total. The Labute approximate surface area is 121 Å². The molecule has 112 valence electrons. The van der Waals surface area contributed by atoms with Crippen LogP contribution in [0.2, 0.25) is 0 Å². The van der Waals surface area contributed by atoms with Gasteiger partial charge in [-0.1, -0.05) is 23.4 Å². The number of carbonyl (C=O) groups is 2. The molecule has 1 heterocycles. The minimum atomic E-state index is -0.787. The molecule has 1 atom stereocenters. The lowest BCUT2D eigenvalue weighted by atomic mass is 9.88. The fourth-order valence-corrected chi connectivity index (χ4v) is 2.18. The van der Waals surface area contributed by atoms with Crippen molar-refractivity contribution in [2.45, 2.75) is 33.1 Å². The van der Waals surface area contributed by atoms with Crippen molar-refractivity contribution in [2.75, 3.05) is 11.9 Å². The van der Waals surface area contributed by atoms with Crippen LogP contribution in [0.3, 0.4) is 0 Å². The van der Waals surface area contributed by atoms with Crippen LogP contribution in [0.15, 0.2) is 0 Å². The second-order valence-electron chi connectivity index (χ2n) is 4.77. The molecule has 0 fully saturated rings. The summed E-state index contributed by atoms with van der Waals surface area (Å²) in [6, 6.07) is -0.357. The monoisotopic (exact) mass is 301 g/mol. The van der Waals surface area contributed by atoms with Crippen LogP contribution in [-0.4, -0.2) is 38.5 Å². The highest BCUT2D eigenvalue weighted by molar-refractivity contribution is 7.09. The maximum absolute atomic E-state index is 11.5. The van der Waals surface area contributed by atoms with Gasteiger partial charge < -0.3 is 10.4 Å². The van der Waals surface area contributed by atoms with Gasteiger partial charge >= 0.3 is 12.0 Å². The molecule has 3 N–H and O–H groups in total. The van der Waals surface area contributed by atoms with Crippen LogP contribution in [0.4, 0.5) is 9.93 Å². The number of carbonyl (C=O) groups excluding carboxylic acids is 1. The molecule has 1 aromatic rings. The molecule has 0 aliphatic carbocycles. The molecule has 0 aliphatic rings. The lowest BCUT2D eigenvalue weighted by molar-refractivity contribution is -0.137. The highest BCUT2D eigenvalue weighted by Crippen LogP contribution is 2.20. The van der Waals surface area contributed by atoms with Crippen LogP contribution in [0.1, 0.15) is 33.1 Å². The molecule has 0 aliphatic heterocycles. The van der Waals surface area contributed by atoms with Crippen LogP contribution < -0.4 is 10.6 Å². The van der Waals surface area contributed by atoms with Crippen molar-refractivity contribution in [1.29, 1.82) is 0 Å². The fraction of sp³-hybridized carbons (Fsp3) is 0.727. The third-order valence-electron chi connectivity index (χ3n) is 2.99. The van der Waals surface area contributed by atoms with Crippen molar-refractivity contribution in [3.63, 3.8) is 0 Å². The number of rotatable bonds is 8. The van der Waals surface area contributed by atoms with Gasteiger partial charge in [-0.25, -0.2) is 4.79 Å². The van der Waals surface area contributed by atoms with Crippen molar-refractivity contribution in [1.82, 2.24) is 20.1 Å². The largest absolute Gasteiger partial charge is 0.481 e. The smallest absolute Gasteiger partial charge is 0.321 e. The van der Waals surface area contributed by atoms with E-state index in [1.54, 1.807) is 0 Å². The van der Waals surface area contributed by atoms with E-state index >= 15 is 0 Å². The quantitative estimate of drug-likeness (QED) is 0.671. The molecule has 0 saturated carbocycles. The van der Waals surface area contributed by atoms with Crippen molar-refractivity contribution >= 4 is 28.7 Å². The van der Waals surface area contributed by atoms with E-state index in [1.165, 1.54) is 0 Å². The fourth-order valence-electron chi connectivity index (χ4n) is 1.81. The zero-order chi connectivity index (χ0) is 15.0. The third-order valence-corrected chi connectivity index (χ3v) is 3.50. The summed E-state index contributed by atoms with van der Waals surface area (Å²) in [5.74, 6) is -0.133. The van der Waals surface area contributed by atoms with Gasteiger partial charge in [-0.15, -0.1) is 0 Å². The summed E-state index contributed by atoms with van der Waals surface area (Å²) in [5, 5.41) is 21.2. The number of urea groups is 1. The Kier molecular flexibility index (Phi) is 6.85. The Morgan fingerprint density at radius 2 is 2.10 bits per heavy atom. The van der Waals surface area contributed by atoms with Gasteiger partial charge in [-0.05, 0) is 29.9 Å². The van der Waals surface area contributed by atoms with Crippen molar-refractivity contribution in [3.8, 4) is 0 Å². The molecule has 0 radical (unpaired) electrons.